The molecule has 86 valence electrons. The van der Waals surface area contributed by atoms with E-state index < -0.39 is 0 Å². The average Bonchev–Trinajstić information content (AvgIpc) is 2.31. The molecule has 0 aromatic carbocycles. The number of amides is 1. The van der Waals surface area contributed by atoms with Crippen LogP contribution in [0.3, 0.4) is 0 Å². The Balaban J connectivity index is 1.80. The maximum atomic E-state index is 11.7. The molecule has 1 saturated heterocycles. The molecule has 4 nitrogen and oxygen atoms in total. The molecule has 1 aliphatic rings. The van der Waals surface area contributed by atoms with E-state index in [2.05, 4.69) is 15.6 Å². The Morgan fingerprint density at radius 2 is 2.06 bits per heavy atom. The Bertz CT molecular complexity index is 333. The van der Waals surface area contributed by atoms with Crippen LogP contribution in [0.15, 0.2) is 24.5 Å². The fourth-order valence-corrected chi connectivity index (χ4v) is 2.00. The van der Waals surface area contributed by atoms with E-state index in [1.54, 1.807) is 24.5 Å². The number of piperidine rings is 1. The molecule has 0 unspecified atom stereocenters. The fourth-order valence-electron chi connectivity index (χ4n) is 2.00. The highest BCUT2D eigenvalue weighted by molar-refractivity contribution is 5.90. The monoisotopic (exact) mass is 219 g/mol. The Morgan fingerprint density at radius 1 is 1.38 bits per heavy atom. The second-order valence-electron chi connectivity index (χ2n) is 4.18. The van der Waals surface area contributed by atoms with Gasteiger partial charge in [0.25, 0.3) is 0 Å². The lowest BCUT2D eigenvalue weighted by atomic mass is 9.94. The summed E-state index contributed by atoms with van der Waals surface area (Å²) in [5.74, 6) is 0.640. The van der Waals surface area contributed by atoms with Gasteiger partial charge in [0.2, 0.25) is 5.91 Å². The molecule has 0 saturated carbocycles. The minimum Gasteiger partial charge on any atom is -0.326 e. The van der Waals surface area contributed by atoms with Crippen LogP contribution in [-0.2, 0) is 4.79 Å². The van der Waals surface area contributed by atoms with Gasteiger partial charge in [-0.2, -0.15) is 0 Å². The first-order valence-corrected chi connectivity index (χ1v) is 5.75. The summed E-state index contributed by atoms with van der Waals surface area (Å²) in [6, 6.07) is 3.61. The van der Waals surface area contributed by atoms with Crippen LogP contribution < -0.4 is 10.6 Å². The SMILES string of the molecule is O=C(CC1CCNCC1)Nc1ccncc1. The molecule has 1 aliphatic heterocycles. The summed E-state index contributed by atoms with van der Waals surface area (Å²) in [6.07, 6.45) is 6.19. The van der Waals surface area contributed by atoms with Crippen LogP contribution in [-0.4, -0.2) is 24.0 Å². The second kappa shape index (κ2) is 5.61. The third kappa shape index (κ3) is 3.31. The summed E-state index contributed by atoms with van der Waals surface area (Å²) >= 11 is 0. The largest absolute Gasteiger partial charge is 0.326 e. The molecule has 1 aromatic rings. The van der Waals surface area contributed by atoms with Crippen molar-refractivity contribution in [2.24, 2.45) is 5.92 Å². The van der Waals surface area contributed by atoms with Crippen molar-refractivity contribution in [1.82, 2.24) is 10.3 Å². The van der Waals surface area contributed by atoms with Gasteiger partial charge in [0.1, 0.15) is 0 Å². The number of carbonyl (C=O) groups is 1. The van der Waals surface area contributed by atoms with E-state index in [4.69, 9.17) is 0 Å². The van der Waals surface area contributed by atoms with Crippen molar-refractivity contribution in [3.63, 3.8) is 0 Å². The number of carbonyl (C=O) groups excluding carboxylic acids is 1. The molecule has 1 fully saturated rings. The molecule has 2 rings (SSSR count). The smallest absolute Gasteiger partial charge is 0.224 e. The molecule has 2 heterocycles. The topological polar surface area (TPSA) is 54.0 Å². The van der Waals surface area contributed by atoms with Crippen LogP contribution in [0.2, 0.25) is 0 Å². The van der Waals surface area contributed by atoms with Gasteiger partial charge in [0, 0.05) is 24.5 Å². The number of aromatic nitrogens is 1. The number of anilines is 1. The predicted molar refractivity (Wildman–Crippen MR) is 63.1 cm³/mol. The zero-order valence-electron chi connectivity index (χ0n) is 9.28. The summed E-state index contributed by atoms with van der Waals surface area (Å²) in [5.41, 5.74) is 0.828. The van der Waals surface area contributed by atoms with Crippen molar-refractivity contribution in [3.05, 3.63) is 24.5 Å². The van der Waals surface area contributed by atoms with E-state index in [1.165, 1.54) is 0 Å². The number of hydrogen-bond donors (Lipinski definition) is 2. The zero-order chi connectivity index (χ0) is 11.2. The molecule has 2 N–H and O–H groups in total. The van der Waals surface area contributed by atoms with E-state index in [1.807, 2.05) is 0 Å². The van der Waals surface area contributed by atoms with Crippen molar-refractivity contribution < 1.29 is 4.79 Å². The number of hydrogen-bond acceptors (Lipinski definition) is 3. The first kappa shape index (κ1) is 11.1. The predicted octanol–water partition coefficient (Wildman–Crippen LogP) is 1.41. The van der Waals surface area contributed by atoms with Gasteiger partial charge in [0.15, 0.2) is 0 Å². The van der Waals surface area contributed by atoms with Crippen molar-refractivity contribution in [2.45, 2.75) is 19.3 Å². The molecule has 0 bridgehead atoms. The molecule has 16 heavy (non-hydrogen) atoms. The maximum absolute atomic E-state index is 11.7. The highest BCUT2D eigenvalue weighted by atomic mass is 16.1. The molecule has 0 radical (unpaired) electrons. The molecule has 0 atom stereocenters. The molecule has 0 spiro atoms. The number of nitrogens with zero attached hydrogens (tertiary/aromatic N) is 1. The lowest BCUT2D eigenvalue weighted by Gasteiger charge is -2.21. The van der Waals surface area contributed by atoms with E-state index in [0.717, 1.165) is 31.6 Å². The van der Waals surface area contributed by atoms with E-state index in [9.17, 15) is 4.79 Å². The van der Waals surface area contributed by atoms with E-state index >= 15 is 0 Å². The lowest BCUT2D eigenvalue weighted by Crippen LogP contribution is -2.30. The van der Waals surface area contributed by atoms with E-state index in [0.29, 0.717) is 12.3 Å². The lowest BCUT2D eigenvalue weighted by molar-refractivity contribution is -0.117. The van der Waals surface area contributed by atoms with Crippen molar-refractivity contribution in [1.29, 1.82) is 0 Å². The molecule has 4 heteroatoms. The highest BCUT2D eigenvalue weighted by Crippen LogP contribution is 2.16. The summed E-state index contributed by atoms with van der Waals surface area (Å²) in [6.45, 7) is 2.07. The quantitative estimate of drug-likeness (QED) is 0.808. The Labute approximate surface area is 95.5 Å². The second-order valence-corrected chi connectivity index (χ2v) is 4.18. The summed E-state index contributed by atoms with van der Waals surface area (Å²) < 4.78 is 0. The van der Waals surface area contributed by atoms with Crippen molar-refractivity contribution in [2.75, 3.05) is 18.4 Å². The van der Waals surface area contributed by atoms with Crippen molar-refractivity contribution in [3.8, 4) is 0 Å². The number of nitrogens with one attached hydrogen (secondary N) is 2. The minimum absolute atomic E-state index is 0.109. The zero-order valence-corrected chi connectivity index (χ0v) is 9.28. The molecular formula is C12H17N3O. The van der Waals surface area contributed by atoms with Gasteiger partial charge < -0.3 is 10.6 Å². The Hall–Kier alpha value is -1.42. The van der Waals surface area contributed by atoms with Gasteiger partial charge in [-0.15, -0.1) is 0 Å². The van der Waals surface area contributed by atoms with E-state index in [-0.39, 0.29) is 5.91 Å². The van der Waals surface area contributed by atoms with Gasteiger partial charge in [-0.1, -0.05) is 0 Å². The number of rotatable bonds is 3. The highest BCUT2D eigenvalue weighted by Gasteiger charge is 2.16. The van der Waals surface area contributed by atoms with Gasteiger partial charge in [-0.05, 0) is 44.0 Å². The molecule has 1 aromatic heterocycles. The third-order valence-corrected chi connectivity index (χ3v) is 2.90. The summed E-state index contributed by atoms with van der Waals surface area (Å²) in [7, 11) is 0. The van der Waals surface area contributed by atoms with Gasteiger partial charge in [-0.3, -0.25) is 9.78 Å². The molecule has 0 aliphatic carbocycles. The maximum Gasteiger partial charge on any atom is 0.224 e. The van der Waals surface area contributed by atoms with Crippen LogP contribution in [0.4, 0.5) is 5.69 Å². The van der Waals surface area contributed by atoms with Gasteiger partial charge in [0.05, 0.1) is 0 Å². The van der Waals surface area contributed by atoms with Crippen LogP contribution in [0, 0.1) is 5.92 Å². The first-order chi connectivity index (χ1) is 7.84. The van der Waals surface area contributed by atoms with Crippen LogP contribution in [0.5, 0.6) is 0 Å². The molecular weight excluding hydrogens is 202 g/mol. The number of pyridine rings is 1. The molecule has 1 amide bonds. The summed E-state index contributed by atoms with van der Waals surface area (Å²) in [4.78, 5) is 15.6. The average molecular weight is 219 g/mol. The van der Waals surface area contributed by atoms with Crippen LogP contribution in [0.1, 0.15) is 19.3 Å². The first-order valence-electron chi connectivity index (χ1n) is 5.75. The third-order valence-electron chi connectivity index (χ3n) is 2.90. The standard InChI is InChI=1S/C12H17N3O/c16-12(9-10-1-5-13-6-2-10)15-11-3-7-14-8-4-11/h3-4,7-8,10,13H,1-2,5-6,9H2,(H,14,15,16). The Kier molecular flexibility index (Phi) is 3.88. The fraction of sp³-hybridized carbons (Fsp3) is 0.500. The minimum atomic E-state index is 0.109. The van der Waals surface area contributed by atoms with Crippen LogP contribution >= 0.6 is 0 Å². The van der Waals surface area contributed by atoms with Gasteiger partial charge >= 0.3 is 0 Å². The van der Waals surface area contributed by atoms with Crippen molar-refractivity contribution >= 4 is 11.6 Å². The Morgan fingerprint density at radius 3 is 2.75 bits per heavy atom. The summed E-state index contributed by atoms with van der Waals surface area (Å²) in [5, 5.41) is 6.19. The normalized spacial score (nSPS) is 17.0. The van der Waals surface area contributed by atoms with Crippen LogP contribution in [0.25, 0.3) is 0 Å². The van der Waals surface area contributed by atoms with Gasteiger partial charge in [-0.25, -0.2) is 0 Å².